The Bertz CT molecular complexity index is 461. The molecule has 150 valence electrons. The Labute approximate surface area is 151 Å². The second-order valence-electron chi connectivity index (χ2n) is 5.55. The summed E-state index contributed by atoms with van der Waals surface area (Å²) in [7, 11) is 0. The highest BCUT2D eigenvalue weighted by molar-refractivity contribution is 5.95. The van der Waals surface area contributed by atoms with Crippen LogP contribution in [0.25, 0.3) is 0 Å². The van der Waals surface area contributed by atoms with E-state index in [0.717, 1.165) is 0 Å². The predicted molar refractivity (Wildman–Crippen MR) is 85.5 cm³/mol. The van der Waals surface area contributed by atoms with E-state index in [1.165, 1.54) is 13.8 Å². The Morgan fingerprint density at radius 3 is 1.35 bits per heavy atom. The van der Waals surface area contributed by atoms with Gasteiger partial charge < -0.3 is 29.2 Å². The number of aliphatic hydroxyl groups is 2. The van der Waals surface area contributed by atoms with Gasteiger partial charge in [-0.3, -0.25) is 19.2 Å². The van der Waals surface area contributed by atoms with Crippen LogP contribution in [0.15, 0.2) is 0 Å². The van der Waals surface area contributed by atoms with Crippen LogP contribution in [0.4, 0.5) is 0 Å². The quantitative estimate of drug-likeness (QED) is 0.266. The Hall–Kier alpha value is -2.20. The van der Waals surface area contributed by atoms with E-state index in [0.29, 0.717) is 0 Å². The average Bonchev–Trinajstić information content (AvgIpc) is 2.63. The number of rotatable bonds is 11. The van der Waals surface area contributed by atoms with Crippen LogP contribution >= 0.6 is 0 Å². The van der Waals surface area contributed by atoms with Crippen LogP contribution in [0.2, 0.25) is 0 Å². The molecule has 0 aromatic heterocycles. The summed E-state index contributed by atoms with van der Waals surface area (Å²) in [5, 5.41) is 19.4. The van der Waals surface area contributed by atoms with Crippen molar-refractivity contribution < 1.29 is 48.3 Å². The first-order chi connectivity index (χ1) is 12.1. The Morgan fingerprint density at radius 2 is 1.08 bits per heavy atom. The number of carbonyl (C=O) groups excluding carboxylic acids is 4. The monoisotopic (exact) mass is 378 g/mol. The number of hydrogen-bond donors (Lipinski definition) is 2. The van der Waals surface area contributed by atoms with Gasteiger partial charge in [0.1, 0.15) is 13.2 Å². The molecule has 0 fully saturated rings. The van der Waals surface area contributed by atoms with Crippen LogP contribution in [0, 0.1) is 11.8 Å². The van der Waals surface area contributed by atoms with Gasteiger partial charge in [0.2, 0.25) is 0 Å². The fourth-order valence-electron chi connectivity index (χ4n) is 1.52. The molecular weight excluding hydrogens is 352 g/mol. The van der Waals surface area contributed by atoms with Crippen LogP contribution in [0.3, 0.4) is 0 Å². The third-order valence-corrected chi connectivity index (χ3v) is 3.25. The lowest BCUT2D eigenvalue weighted by Gasteiger charge is -2.25. The molecule has 0 amide bonds. The summed E-state index contributed by atoms with van der Waals surface area (Å²) in [6, 6.07) is 0. The minimum atomic E-state index is -2.09. The first-order valence-corrected chi connectivity index (χ1v) is 8.11. The molecule has 10 heteroatoms. The summed E-state index contributed by atoms with van der Waals surface area (Å²) < 4.78 is 18.9. The van der Waals surface area contributed by atoms with Crippen molar-refractivity contribution in [1.82, 2.24) is 0 Å². The van der Waals surface area contributed by atoms with Gasteiger partial charge in [-0.2, -0.15) is 0 Å². The van der Waals surface area contributed by atoms with Crippen LogP contribution in [-0.2, 0) is 38.1 Å². The van der Waals surface area contributed by atoms with Crippen molar-refractivity contribution in [3.63, 3.8) is 0 Å². The van der Waals surface area contributed by atoms with Gasteiger partial charge in [-0.1, -0.05) is 0 Å². The number of carbonyl (C=O) groups is 4. The van der Waals surface area contributed by atoms with Gasteiger partial charge in [-0.25, -0.2) is 0 Å². The van der Waals surface area contributed by atoms with Crippen LogP contribution < -0.4 is 0 Å². The lowest BCUT2D eigenvalue weighted by molar-refractivity contribution is -0.176. The van der Waals surface area contributed by atoms with Crippen molar-refractivity contribution >= 4 is 23.9 Å². The van der Waals surface area contributed by atoms with E-state index in [9.17, 15) is 29.4 Å². The third kappa shape index (κ3) is 7.79. The molecule has 2 unspecified atom stereocenters. The summed E-state index contributed by atoms with van der Waals surface area (Å²) in [5.41, 5.74) is -2.09. The molecule has 0 aliphatic heterocycles. The fraction of sp³-hybridized carbons (Fsp3) is 0.750. The molecule has 26 heavy (non-hydrogen) atoms. The zero-order chi connectivity index (χ0) is 20.3. The zero-order valence-electron chi connectivity index (χ0n) is 15.4. The maximum atomic E-state index is 11.7. The van der Waals surface area contributed by atoms with E-state index >= 15 is 0 Å². The highest BCUT2D eigenvalue weighted by Crippen LogP contribution is 2.11. The second-order valence-corrected chi connectivity index (χ2v) is 5.55. The van der Waals surface area contributed by atoms with Crippen molar-refractivity contribution in [2.75, 3.05) is 33.0 Å². The minimum Gasteiger partial charge on any atom is -0.465 e. The molecule has 0 aliphatic carbocycles. The molecule has 2 N–H and O–H groups in total. The molecule has 0 aliphatic rings. The van der Waals surface area contributed by atoms with E-state index in [1.54, 1.807) is 13.8 Å². The van der Waals surface area contributed by atoms with Crippen LogP contribution in [0.5, 0.6) is 0 Å². The molecular formula is C16H26O10. The second kappa shape index (κ2) is 11.4. The van der Waals surface area contributed by atoms with E-state index in [-0.39, 0.29) is 13.2 Å². The lowest BCUT2D eigenvalue weighted by atomic mass is 10.1. The summed E-state index contributed by atoms with van der Waals surface area (Å²) in [5.74, 6) is -5.96. The molecule has 0 heterocycles. The summed E-state index contributed by atoms with van der Waals surface area (Å²) >= 11 is 0. The van der Waals surface area contributed by atoms with Crippen molar-refractivity contribution in [3.05, 3.63) is 0 Å². The summed E-state index contributed by atoms with van der Waals surface area (Å²) in [6.07, 6.45) is 0. The Kier molecular flexibility index (Phi) is 10.5. The highest BCUT2D eigenvalue weighted by Gasteiger charge is 2.34. The van der Waals surface area contributed by atoms with Crippen molar-refractivity contribution in [2.45, 2.75) is 33.3 Å². The molecule has 10 nitrogen and oxygen atoms in total. The molecule has 0 aromatic rings. The van der Waals surface area contributed by atoms with E-state index in [4.69, 9.17) is 9.47 Å². The molecule has 0 saturated carbocycles. The van der Waals surface area contributed by atoms with Crippen molar-refractivity contribution in [1.29, 1.82) is 0 Å². The highest BCUT2D eigenvalue weighted by atomic mass is 16.6. The number of aliphatic hydroxyl groups excluding tert-OH is 1. The molecule has 0 rings (SSSR count). The molecule has 0 spiro atoms. The van der Waals surface area contributed by atoms with Gasteiger partial charge in [0.05, 0.1) is 19.8 Å². The average molecular weight is 378 g/mol. The fourth-order valence-corrected chi connectivity index (χ4v) is 1.52. The molecule has 0 aromatic carbocycles. The molecule has 0 radical (unpaired) electrons. The first-order valence-electron chi connectivity index (χ1n) is 8.11. The predicted octanol–water partition coefficient (Wildman–Crippen LogP) is -0.805. The maximum absolute atomic E-state index is 11.7. The van der Waals surface area contributed by atoms with Gasteiger partial charge in [0, 0.05) is 0 Å². The Balaban J connectivity index is 4.60. The summed E-state index contributed by atoms with van der Waals surface area (Å²) in [6.45, 7) is 3.50. The van der Waals surface area contributed by atoms with E-state index < -0.39 is 61.1 Å². The van der Waals surface area contributed by atoms with Crippen LogP contribution in [-0.4, -0.2) is 72.7 Å². The SMILES string of the molecule is CCOC(=O)C(C)C(=O)OCC(O)(CO)COC(=O)C(C)C(=O)OCC. The summed E-state index contributed by atoms with van der Waals surface area (Å²) in [4.78, 5) is 46.4. The van der Waals surface area contributed by atoms with E-state index in [1.807, 2.05) is 0 Å². The van der Waals surface area contributed by atoms with Crippen LogP contribution in [0.1, 0.15) is 27.7 Å². The normalized spacial score (nSPS) is 15.2. The molecule has 0 saturated heterocycles. The topological polar surface area (TPSA) is 146 Å². The van der Waals surface area contributed by atoms with E-state index in [2.05, 4.69) is 9.47 Å². The maximum Gasteiger partial charge on any atom is 0.320 e. The Morgan fingerprint density at radius 1 is 0.769 bits per heavy atom. The van der Waals surface area contributed by atoms with Gasteiger partial charge in [0.15, 0.2) is 17.4 Å². The van der Waals surface area contributed by atoms with Gasteiger partial charge in [0.25, 0.3) is 0 Å². The van der Waals surface area contributed by atoms with Gasteiger partial charge >= 0.3 is 23.9 Å². The lowest BCUT2D eigenvalue weighted by Crippen LogP contribution is -2.46. The number of hydrogen-bond acceptors (Lipinski definition) is 10. The third-order valence-electron chi connectivity index (χ3n) is 3.25. The number of esters is 4. The van der Waals surface area contributed by atoms with Crippen molar-refractivity contribution in [2.24, 2.45) is 11.8 Å². The first kappa shape index (κ1) is 23.8. The molecule has 2 atom stereocenters. The number of ether oxygens (including phenoxy) is 4. The van der Waals surface area contributed by atoms with Gasteiger partial charge in [-0.05, 0) is 27.7 Å². The minimum absolute atomic E-state index is 0.0889. The van der Waals surface area contributed by atoms with Crippen molar-refractivity contribution in [3.8, 4) is 0 Å². The van der Waals surface area contributed by atoms with Gasteiger partial charge in [-0.15, -0.1) is 0 Å². The standard InChI is InChI=1S/C16H26O10/c1-5-23-12(18)10(3)14(20)25-8-16(22,7-17)9-26-15(21)11(4)13(19)24-6-2/h10-11,17,22H,5-9H2,1-4H3. The smallest absolute Gasteiger partial charge is 0.320 e. The zero-order valence-corrected chi connectivity index (χ0v) is 15.4. The largest absolute Gasteiger partial charge is 0.465 e. The molecule has 0 bridgehead atoms.